The number of carboxylic acids is 1. The van der Waals surface area contributed by atoms with Crippen LogP contribution < -0.4 is 14.8 Å². The predicted octanol–water partition coefficient (Wildman–Crippen LogP) is 2.21. The first-order chi connectivity index (χ1) is 11.0. The minimum absolute atomic E-state index is 0.0819. The molecular weight excluding hydrogens is 298 g/mol. The molecule has 0 bridgehead atoms. The lowest BCUT2D eigenvalue weighted by molar-refractivity contribution is -0.141. The molecule has 6 heteroatoms. The summed E-state index contributed by atoms with van der Waals surface area (Å²) in [6.45, 7) is 2.84. The highest BCUT2D eigenvalue weighted by Crippen LogP contribution is 2.31. The Kier molecular flexibility index (Phi) is 5.84. The molecule has 1 aliphatic carbocycles. The van der Waals surface area contributed by atoms with Crippen LogP contribution in [0.1, 0.15) is 31.7 Å². The summed E-state index contributed by atoms with van der Waals surface area (Å²) in [4.78, 5) is 23.1. The fourth-order valence-corrected chi connectivity index (χ4v) is 2.87. The minimum Gasteiger partial charge on any atom is -0.493 e. The molecule has 1 amide bonds. The van der Waals surface area contributed by atoms with E-state index in [0.717, 1.165) is 5.56 Å². The quantitative estimate of drug-likeness (QED) is 0.804. The van der Waals surface area contributed by atoms with E-state index in [1.807, 2.05) is 25.1 Å². The van der Waals surface area contributed by atoms with Crippen molar-refractivity contribution in [2.24, 2.45) is 11.8 Å². The van der Waals surface area contributed by atoms with Crippen LogP contribution in [0, 0.1) is 11.8 Å². The zero-order valence-electron chi connectivity index (χ0n) is 13.5. The summed E-state index contributed by atoms with van der Waals surface area (Å²) in [7, 11) is 1.57. The van der Waals surface area contributed by atoms with E-state index in [2.05, 4.69) is 5.32 Å². The van der Waals surface area contributed by atoms with Gasteiger partial charge in [-0.2, -0.15) is 0 Å². The molecule has 0 heterocycles. The van der Waals surface area contributed by atoms with E-state index in [0.29, 0.717) is 43.9 Å². The van der Waals surface area contributed by atoms with Crippen LogP contribution in [0.2, 0.25) is 0 Å². The maximum Gasteiger partial charge on any atom is 0.306 e. The van der Waals surface area contributed by atoms with Gasteiger partial charge in [-0.3, -0.25) is 9.59 Å². The highest BCUT2D eigenvalue weighted by molar-refractivity contribution is 5.80. The minimum atomic E-state index is -0.809. The number of carbonyl (C=O) groups excluding carboxylic acids is 1. The molecule has 0 spiro atoms. The van der Waals surface area contributed by atoms with Crippen molar-refractivity contribution in [3.8, 4) is 11.5 Å². The molecule has 2 atom stereocenters. The van der Waals surface area contributed by atoms with Crippen molar-refractivity contribution in [3.63, 3.8) is 0 Å². The summed E-state index contributed by atoms with van der Waals surface area (Å²) in [6.07, 6.45) is 1.63. The Labute approximate surface area is 135 Å². The van der Waals surface area contributed by atoms with Crippen LogP contribution in [0.25, 0.3) is 0 Å². The van der Waals surface area contributed by atoms with E-state index in [1.165, 1.54) is 0 Å². The Hall–Kier alpha value is -2.24. The Morgan fingerprint density at radius 2 is 2.00 bits per heavy atom. The standard InChI is InChI=1S/C17H23NO5/c1-3-23-14-7-4-11(8-15(14)22-2)10-18-16(19)12-5-6-13(9-12)17(20)21/h4,7-8,12-13H,3,5-6,9-10H2,1-2H3,(H,18,19)(H,20,21)/t12-,13+/m1/s1. The molecule has 0 radical (unpaired) electrons. The molecule has 1 aromatic carbocycles. The first kappa shape index (κ1) is 17.1. The zero-order chi connectivity index (χ0) is 16.8. The Morgan fingerprint density at radius 1 is 1.26 bits per heavy atom. The van der Waals surface area contributed by atoms with Crippen LogP contribution >= 0.6 is 0 Å². The molecule has 1 aromatic rings. The Balaban J connectivity index is 1.90. The van der Waals surface area contributed by atoms with Crippen LogP contribution in [-0.2, 0) is 16.1 Å². The summed E-state index contributed by atoms with van der Waals surface area (Å²) in [5.74, 6) is -0.189. The highest BCUT2D eigenvalue weighted by Gasteiger charge is 2.33. The van der Waals surface area contributed by atoms with Crippen molar-refractivity contribution in [2.75, 3.05) is 13.7 Å². The third kappa shape index (κ3) is 4.37. The molecular formula is C17H23NO5. The fourth-order valence-electron chi connectivity index (χ4n) is 2.87. The van der Waals surface area contributed by atoms with Crippen molar-refractivity contribution in [3.05, 3.63) is 23.8 Å². The van der Waals surface area contributed by atoms with Gasteiger partial charge in [0.05, 0.1) is 19.6 Å². The Morgan fingerprint density at radius 3 is 2.61 bits per heavy atom. The second-order valence-electron chi connectivity index (χ2n) is 5.68. The average Bonchev–Trinajstić information content (AvgIpc) is 3.04. The van der Waals surface area contributed by atoms with Gasteiger partial charge in [0.1, 0.15) is 0 Å². The van der Waals surface area contributed by atoms with Gasteiger partial charge in [-0.1, -0.05) is 6.07 Å². The summed E-state index contributed by atoms with van der Waals surface area (Å²) in [5.41, 5.74) is 0.909. The van der Waals surface area contributed by atoms with E-state index in [4.69, 9.17) is 14.6 Å². The predicted molar refractivity (Wildman–Crippen MR) is 84.5 cm³/mol. The normalized spacial score (nSPS) is 20.1. The van der Waals surface area contributed by atoms with Gasteiger partial charge in [0.15, 0.2) is 11.5 Å². The lowest BCUT2D eigenvalue weighted by Crippen LogP contribution is -2.29. The molecule has 0 saturated heterocycles. The number of aliphatic carboxylic acids is 1. The molecule has 1 aliphatic rings. The Bertz CT molecular complexity index is 572. The van der Waals surface area contributed by atoms with Crippen molar-refractivity contribution in [2.45, 2.75) is 32.7 Å². The number of carboxylic acid groups (broad SMARTS) is 1. The van der Waals surface area contributed by atoms with Gasteiger partial charge in [-0.15, -0.1) is 0 Å². The molecule has 0 unspecified atom stereocenters. The molecule has 1 fully saturated rings. The molecule has 0 aromatic heterocycles. The monoisotopic (exact) mass is 321 g/mol. The number of rotatable bonds is 7. The van der Waals surface area contributed by atoms with Crippen molar-refractivity contribution in [1.29, 1.82) is 0 Å². The molecule has 2 N–H and O–H groups in total. The van der Waals surface area contributed by atoms with Crippen LogP contribution in [0.3, 0.4) is 0 Å². The molecule has 1 saturated carbocycles. The number of methoxy groups -OCH3 is 1. The van der Waals surface area contributed by atoms with Crippen molar-refractivity contribution in [1.82, 2.24) is 5.32 Å². The smallest absolute Gasteiger partial charge is 0.306 e. The molecule has 23 heavy (non-hydrogen) atoms. The van der Waals surface area contributed by atoms with Gasteiger partial charge >= 0.3 is 5.97 Å². The molecule has 126 valence electrons. The van der Waals surface area contributed by atoms with Gasteiger partial charge in [0.2, 0.25) is 5.91 Å². The van der Waals surface area contributed by atoms with E-state index in [1.54, 1.807) is 7.11 Å². The van der Waals surface area contributed by atoms with Crippen LogP contribution in [0.5, 0.6) is 11.5 Å². The lowest BCUT2D eigenvalue weighted by atomic mass is 10.0. The number of amides is 1. The summed E-state index contributed by atoms with van der Waals surface area (Å²) in [6, 6.07) is 5.53. The summed E-state index contributed by atoms with van der Waals surface area (Å²) in [5, 5.41) is 11.9. The van der Waals surface area contributed by atoms with E-state index < -0.39 is 11.9 Å². The first-order valence-electron chi connectivity index (χ1n) is 7.85. The topological polar surface area (TPSA) is 84.9 Å². The van der Waals surface area contributed by atoms with Crippen molar-refractivity contribution >= 4 is 11.9 Å². The van der Waals surface area contributed by atoms with E-state index in [-0.39, 0.29) is 11.8 Å². The van der Waals surface area contributed by atoms with Crippen LogP contribution in [-0.4, -0.2) is 30.7 Å². The zero-order valence-corrected chi connectivity index (χ0v) is 13.5. The van der Waals surface area contributed by atoms with Crippen LogP contribution in [0.4, 0.5) is 0 Å². The van der Waals surface area contributed by atoms with Gasteiger partial charge in [0, 0.05) is 12.5 Å². The number of carbonyl (C=O) groups is 2. The average molecular weight is 321 g/mol. The third-order valence-corrected chi connectivity index (χ3v) is 4.15. The number of ether oxygens (including phenoxy) is 2. The van der Waals surface area contributed by atoms with Gasteiger partial charge in [-0.25, -0.2) is 0 Å². The van der Waals surface area contributed by atoms with Gasteiger partial charge in [-0.05, 0) is 43.9 Å². The molecule has 0 aliphatic heterocycles. The summed E-state index contributed by atoms with van der Waals surface area (Å²) < 4.78 is 10.7. The second-order valence-corrected chi connectivity index (χ2v) is 5.68. The fraction of sp³-hybridized carbons (Fsp3) is 0.529. The van der Waals surface area contributed by atoms with Gasteiger partial charge in [0.25, 0.3) is 0 Å². The van der Waals surface area contributed by atoms with Gasteiger partial charge < -0.3 is 19.9 Å². The highest BCUT2D eigenvalue weighted by atomic mass is 16.5. The maximum absolute atomic E-state index is 12.2. The number of hydrogen-bond acceptors (Lipinski definition) is 4. The second kappa shape index (κ2) is 7.85. The first-order valence-corrected chi connectivity index (χ1v) is 7.85. The van der Waals surface area contributed by atoms with E-state index >= 15 is 0 Å². The number of benzene rings is 1. The maximum atomic E-state index is 12.2. The SMILES string of the molecule is CCOc1ccc(CNC(=O)[C@@H]2CC[C@H](C(=O)O)C2)cc1OC. The van der Waals surface area contributed by atoms with E-state index in [9.17, 15) is 9.59 Å². The van der Waals surface area contributed by atoms with Crippen LogP contribution in [0.15, 0.2) is 18.2 Å². The summed E-state index contributed by atoms with van der Waals surface area (Å²) >= 11 is 0. The number of nitrogens with one attached hydrogen (secondary N) is 1. The molecule has 2 rings (SSSR count). The third-order valence-electron chi connectivity index (χ3n) is 4.15. The van der Waals surface area contributed by atoms with Crippen molar-refractivity contribution < 1.29 is 24.2 Å². The number of hydrogen-bond donors (Lipinski definition) is 2. The molecule has 6 nitrogen and oxygen atoms in total. The largest absolute Gasteiger partial charge is 0.493 e. The lowest BCUT2D eigenvalue weighted by Gasteiger charge is -2.13.